The van der Waals surface area contributed by atoms with Crippen LogP contribution in [0.5, 0.6) is 0 Å². The molecule has 20 heavy (non-hydrogen) atoms. The number of hydrogen-bond donors (Lipinski definition) is 2. The van der Waals surface area contributed by atoms with Crippen molar-refractivity contribution in [2.45, 2.75) is 13.8 Å². The second kappa shape index (κ2) is 5.85. The fourth-order valence-electron chi connectivity index (χ4n) is 1.91. The van der Waals surface area contributed by atoms with Gasteiger partial charge in [-0.25, -0.2) is 0 Å². The second-order valence-corrected chi connectivity index (χ2v) is 5.84. The number of rotatable bonds is 2. The summed E-state index contributed by atoms with van der Waals surface area (Å²) in [6, 6.07) is 8.77. The fourth-order valence-corrected chi connectivity index (χ4v) is 2.77. The molecule has 1 amide bonds. The van der Waals surface area contributed by atoms with Crippen molar-refractivity contribution in [2.75, 3.05) is 11.1 Å². The molecule has 0 bridgehead atoms. The van der Waals surface area contributed by atoms with E-state index in [1.54, 1.807) is 18.2 Å². The Kier molecular flexibility index (Phi) is 4.35. The maximum absolute atomic E-state index is 12.3. The summed E-state index contributed by atoms with van der Waals surface area (Å²) in [6.07, 6.45) is 0. The van der Waals surface area contributed by atoms with E-state index in [-0.39, 0.29) is 5.91 Å². The normalized spacial score (nSPS) is 10.4. The number of hydrogen-bond acceptors (Lipinski definition) is 2. The Balaban J connectivity index is 2.35. The summed E-state index contributed by atoms with van der Waals surface area (Å²) >= 11 is 9.22. The molecule has 3 N–H and O–H groups in total. The number of carbonyl (C=O) groups excluding carboxylic acids is 1. The second-order valence-electron chi connectivity index (χ2n) is 4.55. The van der Waals surface area contributed by atoms with E-state index in [0.717, 1.165) is 16.8 Å². The minimum absolute atomic E-state index is 0.203. The number of amides is 1. The number of benzene rings is 2. The maximum Gasteiger partial charge on any atom is 0.256 e. The average molecular weight is 354 g/mol. The summed E-state index contributed by atoms with van der Waals surface area (Å²) in [7, 11) is 0. The SMILES string of the molecule is Cc1ccc(N)c(C)c1NC(=O)c1ccc(Cl)cc1Br. The summed E-state index contributed by atoms with van der Waals surface area (Å²) in [5.74, 6) is -0.203. The lowest BCUT2D eigenvalue weighted by atomic mass is 10.1. The highest BCUT2D eigenvalue weighted by molar-refractivity contribution is 9.10. The molecule has 0 saturated heterocycles. The molecule has 2 aromatic rings. The maximum atomic E-state index is 12.3. The molecule has 0 saturated carbocycles. The molecule has 0 radical (unpaired) electrons. The van der Waals surface area contributed by atoms with Crippen LogP contribution in [-0.2, 0) is 0 Å². The predicted octanol–water partition coefficient (Wildman–Crippen LogP) is 4.55. The van der Waals surface area contributed by atoms with Gasteiger partial charge in [-0.15, -0.1) is 0 Å². The highest BCUT2D eigenvalue weighted by Crippen LogP contribution is 2.27. The molecule has 0 spiro atoms. The van der Waals surface area contributed by atoms with Gasteiger partial charge in [-0.1, -0.05) is 17.7 Å². The third kappa shape index (κ3) is 2.97. The molecule has 0 atom stereocenters. The smallest absolute Gasteiger partial charge is 0.256 e. The first-order valence-corrected chi connectivity index (χ1v) is 7.19. The van der Waals surface area contributed by atoms with Crippen LogP contribution in [0.4, 0.5) is 11.4 Å². The highest BCUT2D eigenvalue weighted by atomic mass is 79.9. The zero-order valence-corrected chi connectivity index (χ0v) is 13.5. The Morgan fingerprint density at radius 1 is 1.25 bits per heavy atom. The topological polar surface area (TPSA) is 55.1 Å². The van der Waals surface area contributed by atoms with E-state index >= 15 is 0 Å². The summed E-state index contributed by atoms with van der Waals surface area (Å²) in [4.78, 5) is 12.3. The van der Waals surface area contributed by atoms with E-state index in [4.69, 9.17) is 17.3 Å². The standard InChI is InChI=1S/C15H14BrClN2O/c1-8-3-6-13(18)9(2)14(8)19-15(20)11-5-4-10(17)7-12(11)16/h3-7H,18H2,1-2H3,(H,19,20). The van der Waals surface area contributed by atoms with Crippen molar-refractivity contribution < 1.29 is 4.79 Å². The lowest BCUT2D eigenvalue weighted by Crippen LogP contribution is -2.15. The summed E-state index contributed by atoms with van der Waals surface area (Å²) in [5.41, 5.74) is 9.63. The molecule has 2 aromatic carbocycles. The summed E-state index contributed by atoms with van der Waals surface area (Å²) in [5, 5.41) is 3.48. The van der Waals surface area contributed by atoms with Crippen molar-refractivity contribution in [2.24, 2.45) is 0 Å². The van der Waals surface area contributed by atoms with Gasteiger partial charge in [-0.2, -0.15) is 0 Å². The van der Waals surface area contributed by atoms with Crippen LogP contribution in [0.15, 0.2) is 34.8 Å². The number of nitrogens with two attached hydrogens (primary N) is 1. The summed E-state index contributed by atoms with van der Waals surface area (Å²) < 4.78 is 0.654. The van der Waals surface area contributed by atoms with Gasteiger partial charge in [0.1, 0.15) is 0 Å². The molecule has 0 heterocycles. The van der Waals surface area contributed by atoms with Gasteiger partial charge in [0.2, 0.25) is 0 Å². The minimum atomic E-state index is -0.203. The van der Waals surface area contributed by atoms with Gasteiger partial charge >= 0.3 is 0 Å². The van der Waals surface area contributed by atoms with Crippen LogP contribution in [0.3, 0.4) is 0 Å². The number of nitrogens with one attached hydrogen (secondary N) is 1. The van der Waals surface area contributed by atoms with E-state index in [1.807, 2.05) is 26.0 Å². The predicted molar refractivity (Wildman–Crippen MR) is 87.4 cm³/mol. The van der Waals surface area contributed by atoms with E-state index in [2.05, 4.69) is 21.2 Å². The van der Waals surface area contributed by atoms with Crippen molar-refractivity contribution >= 4 is 44.8 Å². The summed E-state index contributed by atoms with van der Waals surface area (Å²) in [6.45, 7) is 3.81. The van der Waals surface area contributed by atoms with Crippen molar-refractivity contribution in [3.8, 4) is 0 Å². The molecular weight excluding hydrogens is 340 g/mol. The van der Waals surface area contributed by atoms with Crippen LogP contribution in [0.2, 0.25) is 5.02 Å². The lowest BCUT2D eigenvalue weighted by Gasteiger charge is -2.14. The Bertz CT molecular complexity index is 686. The van der Waals surface area contributed by atoms with E-state index in [0.29, 0.717) is 20.7 Å². The van der Waals surface area contributed by atoms with Gasteiger partial charge in [-0.05, 0) is 65.2 Å². The number of nitrogen functional groups attached to an aromatic ring is 1. The van der Waals surface area contributed by atoms with Crippen LogP contribution in [0.1, 0.15) is 21.5 Å². The van der Waals surface area contributed by atoms with E-state index < -0.39 is 0 Å². The molecule has 0 aliphatic heterocycles. The molecule has 2 rings (SSSR count). The first-order valence-electron chi connectivity index (χ1n) is 6.02. The van der Waals surface area contributed by atoms with Gasteiger partial charge in [0, 0.05) is 20.9 Å². The number of carbonyl (C=O) groups is 1. The largest absolute Gasteiger partial charge is 0.398 e. The number of aryl methyl sites for hydroxylation is 1. The van der Waals surface area contributed by atoms with E-state index in [9.17, 15) is 4.79 Å². The molecule has 0 fully saturated rings. The third-order valence-corrected chi connectivity index (χ3v) is 4.02. The molecule has 104 valence electrons. The first-order chi connectivity index (χ1) is 9.40. The van der Waals surface area contributed by atoms with Crippen molar-refractivity contribution in [3.63, 3.8) is 0 Å². The van der Waals surface area contributed by atoms with Crippen LogP contribution in [0, 0.1) is 13.8 Å². The Morgan fingerprint density at radius 3 is 2.60 bits per heavy atom. The molecule has 3 nitrogen and oxygen atoms in total. The molecular formula is C15H14BrClN2O. The van der Waals surface area contributed by atoms with Gasteiger partial charge in [0.15, 0.2) is 0 Å². The van der Waals surface area contributed by atoms with Crippen LogP contribution >= 0.6 is 27.5 Å². The van der Waals surface area contributed by atoms with Gasteiger partial charge in [0.05, 0.1) is 5.56 Å². The Labute approximate surface area is 131 Å². The highest BCUT2D eigenvalue weighted by Gasteiger charge is 2.14. The van der Waals surface area contributed by atoms with Crippen molar-refractivity contribution in [1.82, 2.24) is 0 Å². The quantitative estimate of drug-likeness (QED) is 0.778. The van der Waals surface area contributed by atoms with E-state index in [1.165, 1.54) is 0 Å². The lowest BCUT2D eigenvalue weighted by molar-refractivity contribution is 0.102. The van der Waals surface area contributed by atoms with Gasteiger partial charge < -0.3 is 11.1 Å². The zero-order chi connectivity index (χ0) is 14.9. The Morgan fingerprint density at radius 2 is 1.95 bits per heavy atom. The molecule has 0 aromatic heterocycles. The average Bonchev–Trinajstić information content (AvgIpc) is 2.39. The number of halogens is 2. The Hall–Kier alpha value is -1.52. The van der Waals surface area contributed by atoms with Crippen molar-refractivity contribution in [3.05, 3.63) is 56.5 Å². The monoisotopic (exact) mass is 352 g/mol. The molecule has 0 aliphatic rings. The zero-order valence-electron chi connectivity index (χ0n) is 11.1. The van der Waals surface area contributed by atoms with Crippen molar-refractivity contribution in [1.29, 1.82) is 0 Å². The molecule has 5 heteroatoms. The fraction of sp³-hybridized carbons (Fsp3) is 0.133. The van der Waals surface area contributed by atoms with Crippen LogP contribution < -0.4 is 11.1 Å². The van der Waals surface area contributed by atoms with Gasteiger partial charge in [-0.3, -0.25) is 4.79 Å². The van der Waals surface area contributed by atoms with Gasteiger partial charge in [0.25, 0.3) is 5.91 Å². The molecule has 0 unspecified atom stereocenters. The molecule has 0 aliphatic carbocycles. The third-order valence-electron chi connectivity index (χ3n) is 3.13. The number of anilines is 2. The van der Waals surface area contributed by atoms with Crippen LogP contribution in [0.25, 0.3) is 0 Å². The minimum Gasteiger partial charge on any atom is -0.398 e. The first kappa shape index (κ1) is 14.9. The van der Waals surface area contributed by atoms with Crippen LogP contribution in [-0.4, -0.2) is 5.91 Å².